The summed E-state index contributed by atoms with van der Waals surface area (Å²) in [6.45, 7) is 4.33. The highest BCUT2D eigenvalue weighted by Crippen LogP contribution is 2.37. The summed E-state index contributed by atoms with van der Waals surface area (Å²) in [6, 6.07) is 43.2. The van der Waals surface area contributed by atoms with Gasteiger partial charge in [0.2, 0.25) is 25.4 Å². The molecule has 0 saturated heterocycles. The van der Waals surface area contributed by atoms with Crippen molar-refractivity contribution < 1.29 is 47.6 Å². The molecule has 6 aromatic carbocycles. The molecule has 4 aliphatic rings. The number of benzene rings is 6. The van der Waals surface area contributed by atoms with Crippen molar-refractivity contribution in [3.05, 3.63) is 203 Å². The molecule has 0 aliphatic carbocycles. The molecule has 0 bridgehead atoms. The number of nitrogens with zero attached hydrogens (tertiary/aromatic N) is 2. The Morgan fingerprint density at radius 1 is 0.434 bits per heavy atom. The maximum Gasteiger partial charge on any atom is 0.258 e. The van der Waals surface area contributed by atoms with Crippen LogP contribution in [0.3, 0.4) is 0 Å². The molecule has 4 amide bonds. The van der Waals surface area contributed by atoms with Gasteiger partial charge in [-0.15, -0.1) is 0 Å². The zero-order chi connectivity index (χ0) is 53.0. The molecule has 14 nitrogen and oxygen atoms in total. The minimum absolute atomic E-state index is 0.132. The van der Waals surface area contributed by atoms with Crippen LogP contribution in [0.2, 0.25) is 0 Å². The van der Waals surface area contributed by atoms with Crippen molar-refractivity contribution >= 4 is 23.6 Å². The third kappa shape index (κ3) is 12.9. The molecule has 6 atom stereocenters. The van der Waals surface area contributed by atoms with Crippen LogP contribution in [-0.4, -0.2) is 85.4 Å². The lowest BCUT2D eigenvalue weighted by molar-refractivity contribution is -0.126. The Morgan fingerprint density at radius 2 is 0.803 bits per heavy atom. The molecule has 4 aliphatic heterocycles. The van der Waals surface area contributed by atoms with Crippen molar-refractivity contribution in [3.8, 4) is 34.5 Å². The quantitative estimate of drug-likeness (QED) is 0.154. The number of rotatable bonds is 6. The molecular formula is C62H64N4O10. The Bertz CT molecular complexity index is 2850. The molecule has 0 aromatic heterocycles. The minimum Gasteiger partial charge on any atom is -0.490 e. The first kappa shape index (κ1) is 52.3. The van der Waals surface area contributed by atoms with E-state index >= 15 is 0 Å². The van der Waals surface area contributed by atoms with E-state index in [-0.39, 0.29) is 61.5 Å². The fraction of sp³-hybridized carbons (Fsp3) is 0.290. The van der Waals surface area contributed by atoms with Crippen LogP contribution in [0.25, 0.3) is 0 Å². The van der Waals surface area contributed by atoms with Crippen LogP contribution in [0.4, 0.5) is 0 Å². The van der Waals surface area contributed by atoms with Crippen molar-refractivity contribution in [3.63, 3.8) is 0 Å². The smallest absolute Gasteiger partial charge is 0.258 e. The predicted molar refractivity (Wildman–Crippen MR) is 289 cm³/mol. The second-order valence-corrected chi connectivity index (χ2v) is 19.3. The zero-order valence-electron chi connectivity index (χ0n) is 43.3. The Balaban J connectivity index is 0.000000186. The van der Waals surface area contributed by atoms with Crippen LogP contribution in [-0.2, 0) is 22.4 Å². The van der Waals surface area contributed by atoms with Gasteiger partial charge in [-0.3, -0.25) is 19.2 Å². The zero-order valence-corrected chi connectivity index (χ0v) is 43.3. The van der Waals surface area contributed by atoms with Crippen LogP contribution >= 0.6 is 0 Å². The average molecular weight is 1030 g/mol. The summed E-state index contributed by atoms with van der Waals surface area (Å²) in [5, 5.41) is 6.45. The van der Waals surface area contributed by atoms with E-state index in [1.165, 1.54) is 9.80 Å². The lowest BCUT2D eigenvalue weighted by atomic mass is 9.99. The standard InChI is InChI=1S/2C31H32N2O5/c2*1-21-10-6-8-14-25(23-16-17-28-29(19-23)37-20-36-28)32-30(34)26(18-22-11-4-3-5-12-22)33(2)31(35)24-13-7-9-15-27(24)38-21/h2*3-9,11-13,15-17,19,21,25-26H,10,14,18,20H2,1-2H3,(H,32,34)/b8-6+;8-6-/t2*21-,25+,26+/m00/s1. The van der Waals surface area contributed by atoms with Gasteiger partial charge in [-0.2, -0.15) is 0 Å². The summed E-state index contributed by atoms with van der Waals surface area (Å²) in [5.74, 6) is 2.72. The van der Waals surface area contributed by atoms with E-state index in [0.29, 0.717) is 84.1 Å². The van der Waals surface area contributed by atoms with Crippen LogP contribution in [0.5, 0.6) is 34.5 Å². The summed E-state index contributed by atoms with van der Waals surface area (Å²) in [6.07, 6.45) is 11.2. The largest absolute Gasteiger partial charge is 0.490 e. The average Bonchev–Trinajstić information content (AvgIpc) is 4.13. The van der Waals surface area contributed by atoms with Gasteiger partial charge in [0.25, 0.3) is 11.8 Å². The Hall–Kier alpha value is -8.52. The van der Waals surface area contributed by atoms with E-state index < -0.39 is 12.1 Å². The second kappa shape index (κ2) is 24.7. The normalized spacial score (nSPS) is 22.6. The minimum atomic E-state index is -0.737. The molecule has 0 fully saturated rings. The van der Waals surface area contributed by atoms with Crippen molar-refractivity contribution in [2.75, 3.05) is 27.7 Å². The monoisotopic (exact) mass is 1020 g/mol. The Labute approximate surface area is 444 Å². The number of carbonyl (C=O) groups is 4. The van der Waals surface area contributed by atoms with E-state index in [1.54, 1.807) is 38.4 Å². The number of ether oxygens (including phenoxy) is 6. The highest BCUT2D eigenvalue weighted by atomic mass is 16.7. The molecule has 14 heteroatoms. The highest BCUT2D eigenvalue weighted by molar-refractivity contribution is 6.00. The fourth-order valence-electron chi connectivity index (χ4n) is 9.56. The van der Waals surface area contributed by atoms with E-state index in [2.05, 4.69) is 34.9 Å². The number of nitrogens with one attached hydrogen (secondary N) is 2. The second-order valence-electron chi connectivity index (χ2n) is 19.3. The van der Waals surface area contributed by atoms with Crippen molar-refractivity contribution in [1.29, 1.82) is 0 Å². The van der Waals surface area contributed by atoms with E-state index in [4.69, 9.17) is 28.4 Å². The number of hydrogen-bond donors (Lipinski definition) is 2. The number of amides is 4. The summed E-state index contributed by atoms with van der Waals surface area (Å²) >= 11 is 0. The third-order valence-electron chi connectivity index (χ3n) is 13.9. The molecule has 0 saturated carbocycles. The number of carbonyl (C=O) groups excluding carboxylic acids is 4. The summed E-state index contributed by atoms with van der Waals surface area (Å²) < 4.78 is 34.4. The molecule has 6 aromatic rings. The molecule has 4 heterocycles. The summed E-state index contributed by atoms with van der Waals surface area (Å²) in [5.41, 5.74) is 4.60. The third-order valence-corrected chi connectivity index (χ3v) is 13.9. The number of hydrogen-bond acceptors (Lipinski definition) is 10. The van der Waals surface area contributed by atoms with Crippen molar-refractivity contribution in [2.45, 2.75) is 88.7 Å². The fourth-order valence-corrected chi connectivity index (χ4v) is 9.56. The SMILES string of the molecule is C[C@H]1C/C=C/C[C@H](c2ccc3c(c2)OCO3)NC(=O)[C@@H](Cc2ccccc2)N(C)C(=O)c2ccccc2O1.C[C@H]1C/C=C\C[C@H](c2ccc3c(c2)OCO3)NC(=O)[C@@H](Cc2ccccc2)N(C)C(=O)c2ccccc2O1. The number of fused-ring (bicyclic) bond motifs is 4. The molecule has 2 N–H and O–H groups in total. The lowest BCUT2D eigenvalue weighted by Gasteiger charge is -2.30. The van der Waals surface area contributed by atoms with Crippen LogP contribution in [0.1, 0.15) is 94.6 Å². The first-order chi connectivity index (χ1) is 37.0. The molecule has 76 heavy (non-hydrogen) atoms. The first-order valence-electron chi connectivity index (χ1n) is 25.8. The van der Waals surface area contributed by atoms with Gasteiger partial charge in [-0.25, -0.2) is 0 Å². The van der Waals surface area contributed by atoms with Gasteiger partial charge < -0.3 is 48.9 Å². The van der Waals surface area contributed by atoms with Crippen LogP contribution < -0.4 is 39.1 Å². The van der Waals surface area contributed by atoms with Crippen LogP contribution in [0, 0.1) is 0 Å². The first-order valence-corrected chi connectivity index (χ1v) is 25.8. The van der Waals surface area contributed by atoms with Gasteiger partial charge in [0, 0.05) is 39.8 Å². The maximum absolute atomic E-state index is 13.9. The predicted octanol–water partition coefficient (Wildman–Crippen LogP) is 10.1. The topological polar surface area (TPSA) is 154 Å². The molecule has 0 radical (unpaired) electrons. The summed E-state index contributed by atoms with van der Waals surface area (Å²) in [7, 11) is 3.36. The Kier molecular flexibility index (Phi) is 17.0. The number of para-hydroxylation sites is 2. The van der Waals surface area contributed by atoms with Gasteiger partial charge in [0.15, 0.2) is 23.0 Å². The van der Waals surface area contributed by atoms with Gasteiger partial charge in [-0.05, 0) is 97.5 Å². The maximum atomic E-state index is 13.9. The molecule has 0 spiro atoms. The van der Waals surface area contributed by atoms with Gasteiger partial charge in [0.05, 0.1) is 35.4 Å². The lowest BCUT2D eigenvalue weighted by Crippen LogP contribution is -2.49. The van der Waals surface area contributed by atoms with Gasteiger partial charge in [0.1, 0.15) is 23.6 Å². The summed E-state index contributed by atoms with van der Waals surface area (Å²) in [4.78, 5) is 58.4. The molecule has 0 unspecified atom stereocenters. The van der Waals surface area contributed by atoms with Crippen molar-refractivity contribution in [1.82, 2.24) is 20.4 Å². The molecule has 392 valence electrons. The van der Waals surface area contributed by atoms with Crippen molar-refractivity contribution in [2.24, 2.45) is 0 Å². The van der Waals surface area contributed by atoms with E-state index in [0.717, 1.165) is 22.3 Å². The van der Waals surface area contributed by atoms with Gasteiger partial charge >= 0.3 is 0 Å². The molecular weight excluding hydrogens is 961 g/mol. The Morgan fingerprint density at radius 3 is 1.22 bits per heavy atom. The van der Waals surface area contributed by atoms with E-state index in [1.807, 2.05) is 135 Å². The highest BCUT2D eigenvalue weighted by Gasteiger charge is 2.34. The molecule has 10 rings (SSSR count). The van der Waals surface area contributed by atoms with E-state index in [9.17, 15) is 19.2 Å². The van der Waals surface area contributed by atoms with Crippen LogP contribution in [0.15, 0.2) is 170 Å². The number of likely N-dealkylation sites (N-methyl/N-ethyl adjacent to an activating group) is 2. The van der Waals surface area contributed by atoms with Gasteiger partial charge in [-0.1, -0.05) is 121 Å².